The lowest BCUT2D eigenvalue weighted by atomic mass is 10.1. The summed E-state index contributed by atoms with van der Waals surface area (Å²) in [6.45, 7) is 6.82. The molecule has 0 amide bonds. The SMILES string of the molecule is c1cc2c(cc1CN1CCCNCC1)OCCO2. The molecular weight excluding hydrogens is 228 g/mol. The highest BCUT2D eigenvalue weighted by Gasteiger charge is 2.14. The van der Waals surface area contributed by atoms with E-state index >= 15 is 0 Å². The van der Waals surface area contributed by atoms with Crippen molar-refractivity contribution in [3.63, 3.8) is 0 Å². The maximum absolute atomic E-state index is 5.62. The number of rotatable bonds is 2. The Morgan fingerprint density at radius 2 is 1.94 bits per heavy atom. The Balaban J connectivity index is 1.68. The van der Waals surface area contributed by atoms with Crippen molar-refractivity contribution in [1.82, 2.24) is 10.2 Å². The van der Waals surface area contributed by atoms with E-state index in [1.165, 1.54) is 18.5 Å². The van der Waals surface area contributed by atoms with E-state index in [2.05, 4.69) is 22.3 Å². The van der Waals surface area contributed by atoms with Crippen LogP contribution < -0.4 is 14.8 Å². The van der Waals surface area contributed by atoms with Gasteiger partial charge in [-0.2, -0.15) is 0 Å². The van der Waals surface area contributed by atoms with Crippen molar-refractivity contribution in [2.75, 3.05) is 39.4 Å². The molecule has 0 radical (unpaired) electrons. The van der Waals surface area contributed by atoms with E-state index in [0.29, 0.717) is 13.2 Å². The van der Waals surface area contributed by atoms with Crippen LogP contribution in [0.1, 0.15) is 12.0 Å². The average molecular weight is 248 g/mol. The van der Waals surface area contributed by atoms with Crippen molar-refractivity contribution in [3.05, 3.63) is 23.8 Å². The lowest BCUT2D eigenvalue weighted by molar-refractivity contribution is 0.171. The van der Waals surface area contributed by atoms with Crippen LogP contribution in [-0.4, -0.2) is 44.3 Å². The summed E-state index contributed by atoms with van der Waals surface area (Å²) in [6, 6.07) is 6.29. The summed E-state index contributed by atoms with van der Waals surface area (Å²) in [5.74, 6) is 1.77. The average Bonchev–Trinajstić information content (AvgIpc) is 2.67. The minimum absolute atomic E-state index is 0.657. The quantitative estimate of drug-likeness (QED) is 0.854. The van der Waals surface area contributed by atoms with Crippen molar-refractivity contribution < 1.29 is 9.47 Å². The molecule has 3 rings (SSSR count). The van der Waals surface area contributed by atoms with Gasteiger partial charge in [0.05, 0.1) is 0 Å². The van der Waals surface area contributed by atoms with Gasteiger partial charge in [-0.05, 0) is 37.2 Å². The summed E-state index contributed by atoms with van der Waals surface area (Å²) in [7, 11) is 0. The standard InChI is InChI=1S/C14H20N2O2/c1-4-15-5-7-16(6-1)11-12-2-3-13-14(10-12)18-9-8-17-13/h2-3,10,15H,1,4-9,11H2. The van der Waals surface area contributed by atoms with Crippen molar-refractivity contribution in [3.8, 4) is 11.5 Å². The number of hydrogen-bond donors (Lipinski definition) is 1. The number of ether oxygens (including phenoxy) is 2. The van der Waals surface area contributed by atoms with E-state index < -0.39 is 0 Å². The molecule has 2 heterocycles. The number of hydrogen-bond acceptors (Lipinski definition) is 4. The van der Waals surface area contributed by atoms with E-state index in [1.807, 2.05) is 6.07 Å². The Bertz CT molecular complexity index is 401. The molecule has 1 fully saturated rings. The first-order valence-electron chi connectivity index (χ1n) is 6.73. The Hall–Kier alpha value is -1.26. The normalized spacial score (nSPS) is 20.4. The highest BCUT2D eigenvalue weighted by atomic mass is 16.6. The molecule has 2 aliphatic rings. The lowest BCUT2D eigenvalue weighted by Gasteiger charge is -2.22. The first-order chi connectivity index (χ1) is 8.92. The van der Waals surface area contributed by atoms with Crippen LogP contribution in [0.15, 0.2) is 18.2 Å². The van der Waals surface area contributed by atoms with Crippen LogP contribution in [0.2, 0.25) is 0 Å². The third-order valence-corrected chi connectivity index (χ3v) is 3.45. The third kappa shape index (κ3) is 2.76. The fraction of sp³-hybridized carbons (Fsp3) is 0.571. The molecule has 0 unspecified atom stereocenters. The first kappa shape index (κ1) is 11.8. The van der Waals surface area contributed by atoms with E-state index in [4.69, 9.17) is 9.47 Å². The topological polar surface area (TPSA) is 33.7 Å². The predicted octanol–water partition coefficient (Wildman–Crippen LogP) is 1.25. The molecule has 2 aliphatic heterocycles. The summed E-state index contributed by atoms with van der Waals surface area (Å²) in [5, 5.41) is 3.43. The van der Waals surface area contributed by atoms with Gasteiger partial charge in [0.2, 0.25) is 0 Å². The number of benzene rings is 1. The molecule has 1 N–H and O–H groups in total. The van der Waals surface area contributed by atoms with E-state index in [0.717, 1.165) is 37.7 Å². The van der Waals surface area contributed by atoms with Crippen LogP contribution >= 0.6 is 0 Å². The Morgan fingerprint density at radius 1 is 1.06 bits per heavy atom. The first-order valence-corrected chi connectivity index (χ1v) is 6.73. The second-order valence-electron chi connectivity index (χ2n) is 4.86. The van der Waals surface area contributed by atoms with Crippen molar-refractivity contribution >= 4 is 0 Å². The minimum atomic E-state index is 0.657. The highest BCUT2D eigenvalue weighted by Crippen LogP contribution is 2.31. The molecule has 0 saturated carbocycles. The second-order valence-corrected chi connectivity index (χ2v) is 4.86. The second kappa shape index (κ2) is 5.59. The fourth-order valence-corrected chi connectivity index (χ4v) is 2.50. The summed E-state index contributed by atoms with van der Waals surface area (Å²) in [5.41, 5.74) is 1.31. The van der Waals surface area contributed by atoms with Gasteiger partial charge < -0.3 is 14.8 Å². The van der Waals surface area contributed by atoms with Gasteiger partial charge in [0, 0.05) is 19.6 Å². The maximum Gasteiger partial charge on any atom is 0.161 e. The molecule has 0 bridgehead atoms. The molecule has 0 atom stereocenters. The molecule has 4 heteroatoms. The summed E-state index contributed by atoms with van der Waals surface area (Å²) < 4.78 is 11.2. The number of fused-ring (bicyclic) bond motifs is 1. The molecule has 1 aromatic carbocycles. The van der Waals surface area contributed by atoms with Gasteiger partial charge in [0.25, 0.3) is 0 Å². The molecule has 1 aromatic rings. The van der Waals surface area contributed by atoms with Gasteiger partial charge in [-0.15, -0.1) is 0 Å². The largest absolute Gasteiger partial charge is 0.486 e. The molecule has 0 spiro atoms. The fourth-order valence-electron chi connectivity index (χ4n) is 2.50. The van der Waals surface area contributed by atoms with Crippen molar-refractivity contribution in [1.29, 1.82) is 0 Å². The zero-order valence-corrected chi connectivity index (χ0v) is 10.7. The summed E-state index contributed by atoms with van der Waals surface area (Å²) in [4.78, 5) is 2.49. The zero-order valence-electron chi connectivity index (χ0n) is 10.7. The zero-order chi connectivity index (χ0) is 12.2. The third-order valence-electron chi connectivity index (χ3n) is 3.45. The van der Waals surface area contributed by atoms with E-state index in [9.17, 15) is 0 Å². The molecule has 98 valence electrons. The van der Waals surface area contributed by atoms with Crippen molar-refractivity contribution in [2.24, 2.45) is 0 Å². The van der Waals surface area contributed by atoms with Crippen LogP contribution in [0.3, 0.4) is 0 Å². The highest BCUT2D eigenvalue weighted by molar-refractivity contribution is 5.43. The molecular formula is C14H20N2O2. The van der Waals surface area contributed by atoms with Crippen molar-refractivity contribution in [2.45, 2.75) is 13.0 Å². The van der Waals surface area contributed by atoms with Gasteiger partial charge in [0.1, 0.15) is 13.2 Å². The van der Waals surface area contributed by atoms with Gasteiger partial charge in [0.15, 0.2) is 11.5 Å². The van der Waals surface area contributed by atoms with Crippen LogP contribution in [0.25, 0.3) is 0 Å². The lowest BCUT2D eigenvalue weighted by Crippen LogP contribution is -2.27. The van der Waals surface area contributed by atoms with Crippen LogP contribution in [0, 0.1) is 0 Å². The maximum atomic E-state index is 5.62. The molecule has 0 aliphatic carbocycles. The number of nitrogens with one attached hydrogen (secondary N) is 1. The van der Waals surface area contributed by atoms with Gasteiger partial charge >= 0.3 is 0 Å². The molecule has 0 aromatic heterocycles. The summed E-state index contributed by atoms with van der Waals surface area (Å²) in [6.07, 6.45) is 1.23. The Labute approximate surface area is 108 Å². The minimum Gasteiger partial charge on any atom is -0.486 e. The van der Waals surface area contributed by atoms with Crippen LogP contribution in [0.5, 0.6) is 11.5 Å². The van der Waals surface area contributed by atoms with E-state index in [-0.39, 0.29) is 0 Å². The van der Waals surface area contributed by atoms with Crippen LogP contribution in [-0.2, 0) is 6.54 Å². The monoisotopic (exact) mass is 248 g/mol. The molecule has 4 nitrogen and oxygen atoms in total. The number of nitrogens with zero attached hydrogens (tertiary/aromatic N) is 1. The Morgan fingerprint density at radius 3 is 2.89 bits per heavy atom. The predicted molar refractivity (Wildman–Crippen MR) is 70.2 cm³/mol. The van der Waals surface area contributed by atoms with Gasteiger partial charge in [-0.3, -0.25) is 4.90 Å². The van der Waals surface area contributed by atoms with Crippen LogP contribution in [0.4, 0.5) is 0 Å². The summed E-state index contributed by atoms with van der Waals surface area (Å²) >= 11 is 0. The Kier molecular flexibility index (Phi) is 3.67. The van der Waals surface area contributed by atoms with Gasteiger partial charge in [-0.1, -0.05) is 6.07 Å². The van der Waals surface area contributed by atoms with Gasteiger partial charge in [-0.25, -0.2) is 0 Å². The molecule has 18 heavy (non-hydrogen) atoms. The smallest absolute Gasteiger partial charge is 0.161 e. The molecule has 1 saturated heterocycles. The van der Waals surface area contributed by atoms with E-state index in [1.54, 1.807) is 0 Å².